The Morgan fingerprint density at radius 1 is 1.30 bits per heavy atom. The molecule has 0 atom stereocenters. The molecule has 0 saturated carbocycles. The number of halogens is 1. The number of pyridine rings is 1. The van der Waals surface area contributed by atoms with Crippen LogP contribution >= 0.6 is 0 Å². The van der Waals surface area contributed by atoms with Crippen LogP contribution in [-0.2, 0) is 0 Å². The van der Waals surface area contributed by atoms with Gasteiger partial charge in [0, 0.05) is 31.7 Å². The van der Waals surface area contributed by atoms with Crippen molar-refractivity contribution in [1.82, 2.24) is 4.98 Å². The molecule has 104 valence electrons. The molecule has 1 N–H and O–H groups in total. The highest BCUT2D eigenvalue weighted by molar-refractivity contribution is 6.04. The first-order chi connectivity index (χ1) is 9.49. The van der Waals surface area contributed by atoms with Crippen LogP contribution in [0.5, 0.6) is 0 Å². The summed E-state index contributed by atoms with van der Waals surface area (Å²) in [5.41, 5.74) is 2.64. The number of amides is 1. The highest BCUT2D eigenvalue weighted by Crippen LogP contribution is 2.23. The summed E-state index contributed by atoms with van der Waals surface area (Å²) in [6.07, 6.45) is 1.31. The molecule has 0 aliphatic carbocycles. The molecular formula is C15H16FN3O. The maximum atomic E-state index is 13.4. The van der Waals surface area contributed by atoms with E-state index in [1.54, 1.807) is 6.07 Å². The second-order valence-electron chi connectivity index (χ2n) is 4.69. The predicted octanol–water partition coefficient (Wildman–Crippen LogP) is 2.85. The average molecular weight is 273 g/mol. The van der Waals surface area contributed by atoms with Crippen molar-refractivity contribution in [2.75, 3.05) is 24.3 Å². The molecule has 0 radical (unpaired) electrons. The summed E-state index contributed by atoms with van der Waals surface area (Å²) in [7, 11) is 3.85. The third-order valence-corrected chi connectivity index (χ3v) is 2.95. The topological polar surface area (TPSA) is 45.2 Å². The molecule has 1 amide bonds. The highest BCUT2D eigenvalue weighted by Gasteiger charge is 2.12. The van der Waals surface area contributed by atoms with Crippen LogP contribution in [0.25, 0.3) is 0 Å². The van der Waals surface area contributed by atoms with Crippen molar-refractivity contribution in [3.8, 4) is 0 Å². The number of aryl methyl sites for hydroxylation is 1. The first kappa shape index (κ1) is 14.0. The number of carbonyl (C=O) groups is 1. The Labute approximate surface area is 117 Å². The monoisotopic (exact) mass is 273 g/mol. The Bertz CT molecular complexity index is 641. The lowest BCUT2D eigenvalue weighted by Gasteiger charge is -2.17. The smallest absolute Gasteiger partial charge is 0.260 e. The first-order valence-corrected chi connectivity index (χ1v) is 6.19. The standard InChI is InChI=1S/C15H16FN3O/c1-10-6-7-11(9-13(10)19(2)3)18-15(20)12-5-4-8-17-14(12)16/h4-9H,1-3H3,(H,18,20). The average Bonchev–Trinajstić information content (AvgIpc) is 2.41. The highest BCUT2D eigenvalue weighted by atomic mass is 19.1. The molecule has 0 unspecified atom stereocenters. The molecule has 20 heavy (non-hydrogen) atoms. The van der Waals surface area contributed by atoms with Gasteiger partial charge in [-0.3, -0.25) is 4.79 Å². The number of anilines is 2. The van der Waals surface area contributed by atoms with E-state index in [0.717, 1.165) is 11.3 Å². The van der Waals surface area contributed by atoms with Crippen molar-refractivity contribution in [3.63, 3.8) is 0 Å². The molecule has 0 spiro atoms. The Hall–Kier alpha value is -2.43. The van der Waals surface area contributed by atoms with Gasteiger partial charge in [0.15, 0.2) is 0 Å². The molecule has 2 rings (SSSR count). The minimum atomic E-state index is -0.773. The maximum Gasteiger partial charge on any atom is 0.260 e. The lowest BCUT2D eigenvalue weighted by molar-refractivity contribution is 0.102. The number of nitrogens with one attached hydrogen (secondary N) is 1. The molecule has 5 heteroatoms. The van der Waals surface area contributed by atoms with E-state index in [9.17, 15) is 9.18 Å². The second kappa shape index (κ2) is 5.69. The van der Waals surface area contributed by atoms with Gasteiger partial charge in [-0.15, -0.1) is 0 Å². The van der Waals surface area contributed by atoms with Crippen molar-refractivity contribution in [3.05, 3.63) is 53.6 Å². The normalized spacial score (nSPS) is 10.2. The molecule has 0 saturated heterocycles. The summed E-state index contributed by atoms with van der Waals surface area (Å²) in [6.45, 7) is 1.99. The fourth-order valence-electron chi connectivity index (χ4n) is 1.92. The molecule has 4 nitrogen and oxygen atoms in total. The number of hydrogen-bond acceptors (Lipinski definition) is 3. The fraction of sp³-hybridized carbons (Fsp3) is 0.200. The van der Waals surface area contributed by atoms with Crippen LogP contribution in [0.3, 0.4) is 0 Å². The Kier molecular flexibility index (Phi) is 3.98. The van der Waals surface area contributed by atoms with Crippen LogP contribution in [0, 0.1) is 12.9 Å². The largest absolute Gasteiger partial charge is 0.377 e. The number of nitrogens with zero attached hydrogens (tertiary/aromatic N) is 2. The molecule has 1 heterocycles. The van der Waals surface area contributed by atoms with Crippen molar-refractivity contribution >= 4 is 17.3 Å². The lowest BCUT2D eigenvalue weighted by atomic mass is 10.1. The Balaban J connectivity index is 2.25. The summed E-state index contributed by atoms with van der Waals surface area (Å²) < 4.78 is 13.4. The predicted molar refractivity (Wildman–Crippen MR) is 77.7 cm³/mol. The number of rotatable bonds is 3. The quantitative estimate of drug-likeness (QED) is 0.875. The summed E-state index contributed by atoms with van der Waals surface area (Å²) in [6, 6.07) is 8.47. The molecule has 2 aromatic rings. The molecule has 1 aromatic heterocycles. The second-order valence-corrected chi connectivity index (χ2v) is 4.69. The third-order valence-electron chi connectivity index (χ3n) is 2.95. The van der Waals surface area contributed by atoms with Gasteiger partial charge in [-0.05, 0) is 36.8 Å². The third kappa shape index (κ3) is 2.93. The van der Waals surface area contributed by atoms with Crippen LogP contribution in [0.1, 0.15) is 15.9 Å². The molecular weight excluding hydrogens is 257 g/mol. The molecule has 0 fully saturated rings. The molecule has 1 aromatic carbocycles. The summed E-state index contributed by atoms with van der Waals surface area (Å²) in [5.74, 6) is -1.28. The Morgan fingerprint density at radius 3 is 2.70 bits per heavy atom. The summed E-state index contributed by atoms with van der Waals surface area (Å²) >= 11 is 0. The number of aromatic nitrogens is 1. The van der Waals surface area contributed by atoms with E-state index < -0.39 is 11.9 Å². The van der Waals surface area contributed by atoms with Crippen LogP contribution < -0.4 is 10.2 Å². The van der Waals surface area contributed by atoms with E-state index in [1.165, 1.54) is 18.3 Å². The van der Waals surface area contributed by atoms with Gasteiger partial charge < -0.3 is 10.2 Å². The van der Waals surface area contributed by atoms with E-state index >= 15 is 0 Å². The van der Waals surface area contributed by atoms with Crippen LogP contribution in [-0.4, -0.2) is 25.0 Å². The minimum absolute atomic E-state index is 0.0699. The zero-order valence-electron chi connectivity index (χ0n) is 11.6. The summed E-state index contributed by atoms with van der Waals surface area (Å²) in [4.78, 5) is 17.4. The van der Waals surface area contributed by atoms with Crippen LogP contribution in [0.15, 0.2) is 36.5 Å². The van der Waals surface area contributed by atoms with Crippen molar-refractivity contribution in [1.29, 1.82) is 0 Å². The molecule has 0 bridgehead atoms. The molecule has 0 aliphatic heterocycles. The maximum absolute atomic E-state index is 13.4. The van der Waals surface area contributed by atoms with Gasteiger partial charge in [0.25, 0.3) is 5.91 Å². The number of carbonyl (C=O) groups excluding carboxylic acids is 1. The first-order valence-electron chi connectivity index (χ1n) is 6.19. The van der Waals surface area contributed by atoms with Crippen molar-refractivity contribution in [2.45, 2.75) is 6.92 Å². The van der Waals surface area contributed by atoms with E-state index in [1.807, 2.05) is 38.1 Å². The number of benzene rings is 1. The zero-order chi connectivity index (χ0) is 14.7. The summed E-state index contributed by atoms with van der Waals surface area (Å²) in [5, 5.41) is 2.68. The van der Waals surface area contributed by atoms with E-state index in [0.29, 0.717) is 5.69 Å². The SMILES string of the molecule is Cc1ccc(NC(=O)c2cccnc2F)cc1N(C)C. The minimum Gasteiger partial charge on any atom is -0.377 e. The van der Waals surface area contributed by atoms with Gasteiger partial charge in [-0.2, -0.15) is 4.39 Å². The van der Waals surface area contributed by atoms with E-state index in [2.05, 4.69) is 10.3 Å². The van der Waals surface area contributed by atoms with Gasteiger partial charge in [0.2, 0.25) is 5.95 Å². The van der Waals surface area contributed by atoms with Gasteiger partial charge in [0.1, 0.15) is 0 Å². The van der Waals surface area contributed by atoms with Gasteiger partial charge in [0.05, 0.1) is 5.56 Å². The van der Waals surface area contributed by atoms with Crippen LogP contribution in [0.2, 0.25) is 0 Å². The zero-order valence-corrected chi connectivity index (χ0v) is 11.6. The van der Waals surface area contributed by atoms with E-state index in [4.69, 9.17) is 0 Å². The van der Waals surface area contributed by atoms with Gasteiger partial charge in [-0.1, -0.05) is 6.07 Å². The molecule has 0 aliphatic rings. The Morgan fingerprint density at radius 2 is 2.05 bits per heavy atom. The fourth-order valence-corrected chi connectivity index (χ4v) is 1.92. The van der Waals surface area contributed by atoms with Crippen molar-refractivity contribution in [2.24, 2.45) is 0 Å². The van der Waals surface area contributed by atoms with Gasteiger partial charge in [-0.25, -0.2) is 4.98 Å². The van der Waals surface area contributed by atoms with Crippen molar-refractivity contribution < 1.29 is 9.18 Å². The van der Waals surface area contributed by atoms with E-state index in [-0.39, 0.29) is 5.56 Å². The van der Waals surface area contributed by atoms with Gasteiger partial charge >= 0.3 is 0 Å². The lowest BCUT2D eigenvalue weighted by Crippen LogP contribution is -2.15. The van der Waals surface area contributed by atoms with Crippen LogP contribution in [0.4, 0.5) is 15.8 Å². The number of hydrogen-bond donors (Lipinski definition) is 1.